The van der Waals surface area contributed by atoms with Crippen LogP contribution in [-0.2, 0) is 4.79 Å². The molecule has 2 atom stereocenters. The molecular weight excluding hydrogens is 519 g/mol. The molecule has 3 N–H and O–H groups in total. The number of alkyl halides is 3. The van der Waals surface area contributed by atoms with Crippen molar-refractivity contribution in [2.75, 3.05) is 28.6 Å². The largest absolute Gasteiger partial charge is 0.444 e. The molecule has 1 aliphatic carbocycles. The molecular formula is C25H28F3N7O4. The van der Waals surface area contributed by atoms with Gasteiger partial charge in [0.05, 0.1) is 18.3 Å². The maximum Gasteiger partial charge on any atom is 0.405 e. The summed E-state index contributed by atoms with van der Waals surface area (Å²) < 4.78 is 44.6. The van der Waals surface area contributed by atoms with Gasteiger partial charge in [-0.3, -0.25) is 19.2 Å². The molecule has 3 aromatic heterocycles. The number of nitrogens with one attached hydrogen (secondary N) is 2. The number of anilines is 3. The van der Waals surface area contributed by atoms with Crippen molar-refractivity contribution in [2.45, 2.75) is 57.9 Å². The second-order valence-electron chi connectivity index (χ2n) is 10.4. The van der Waals surface area contributed by atoms with E-state index in [2.05, 4.69) is 25.7 Å². The predicted molar refractivity (Wildman–Crippen MR) is 134 cm³/mol. The Kier molecular flexibility index (Phi) is 6.83. The lowest BCUT2D eigenvalue weighted by atomic mass is 9.92. The number of rotatable bonds is 7. The zero-order valence-corrected chi connectivity index (χ0v) is 21.3. The Morgan fingerprint density at radius 3 is 2.77 bits per heavy atom. The fourth-order valence-electron chi connectivity index (χ4n) is 4.78. The molecule has 0 spiro atoms. The number of oxazole rings is 1. The van der Waals surface area contributed by atoms with Gasteiger partial charge in [0.25, 0.3) is 5.91 Å². The number of aliphatic hydroxyl groups is 1. The molecule has 0 radical (unpaired) electrons. The quantitative estimate of drug-likeness (QED) is 0.403. The molecule has 11 nitrogen and oxygen atoms in total. The van der Waals surface area contributed by atoms with E-state index in [4.69, 9.17) is 4.42 Å². The molecule has 2 unspecified atom stereocenters. The first-order valence-corrected chi connectivity index (χ1v) is 12.5. The summed E-state index contributed by atoms with van der Waals surface area (Å²) >= 11 is 0. The number of aromatic nitrogens is 4. The first-order chi connectivity index (χ1) is 18.4. The number of pyridine rings is 1. The highest BCUT2D eigenvalue weighted by atomic mass is 19.4. The third-order valence-electron chi connectivity index (χ3n) is 7.00. The van der Waals surface area contributed by atoms with E-state index in [9.17, 15) is 27.9 Å². The van der Waals surface area contributed by atoms with Crippen molar-refractivity contribution < 1.29 is 32.3 Å². The summed E-state index contributed by atoms with van der Waals surface area (Å²) in [6.45, 7) is 2.88. The number of amides is 2. The molecule has 1 saturated carbocycles. The molecule has 4 heterocycles. The van der Waals surface area contributed by atoms with Crippen LogP contribution in [0.5, 0.6) is 0 Å². The number of hydrogen-bond acceptors (Lipinski definition) is 8. The Morgan fingerprint density at radius 1 is 1.31 bits per heavy atom. The van der Waals surface area contributed by atoms with Gasteiger partial charge in [0, 0.05) is 23.7 Å². The lowest BCUT2D eigenvalue weighted by molar-refractivity contribution is -0.124. The van der Waals surface area contributed by atoms with E-state index in [0.29, 0.717) is 31.4 Å². The van der Waals surface area contributed by atoms with E-state index >= 15 is 0 Å². The second-order valence-corrected chi connectivity index (χ2v) is 10.4. The molecule has 1 aliphatic heterocycles. The van der Waals surface area contributed by atoms with Gasteiger partial charge in [-0.1, -0.05) is 13.8 Å². The number of halogens is 3. The van der Waals surface area contributed by atoms with Crippen LogP contribution in [0.15, 0.2) is 35.2 Å². The summed E-state index contributed by atoms with van der Waals surface area (Å²) in [7, 11) is 0. The highest BCUT2D eigenvalue weighted by molar-refractivity contribution is 6.07. The Balaban J connectivity index is 1.37. The number of carbonyl (C=O) groups is 2. The van der Waals surface area contributed by atoms with Gasteiger partial charge in [0.15, 0.2) is 11.5 Å². The minimum Gasteiger partial charge on any atom is -0.444 e. The normalized spacial score (nSPS) is 21.0. The summed E-state index contributed by atoms with van der Waals surface area (Å²) in [6.07, 6.45) is 1.85. The molecule has 3 aromatic rings. The minimum atomic E-state index is -4.41. The van der Waals surface area contributed by atoms with Crippen LogP contribution in [0.1, 0.15) is 56.1 Å². The van der Waals surface area contributed by atoms with Crippen LogP contribution in [0.3, 0.4) is 0 Å². The summed E-state index contributed by atoms with van der Waals surface area (Å²) in [4.78, 5) is 35.7. The van der Waals surface area contributed by atoms with Crippen molar-refractivity contribution in [3.63, 3.8) is 0 Å². The molecule has 1 saturated heterocycles. The van der Waals surface area contributed by atoms with Crippen LogP contribution in [0.4, 0.5) is 30.5 Å². The van der Waals surface area contributed by atoms with Gasteiger partial charge >= 0.3 is 6.18 Å². The molecule has 2 fully saturated rings. The molecule has 2 aliphatic rings. The van der Waals surface area contributed by atoms with Gasteiger partial charge in [-0.15, -0.1) is 0 Å². The monoisotopic (exact) mass is 547 g/mol. The van der Waals surface area contributed by atoms with Gasteiger partial charge < -0.3 is 20.2 Å². The van der Waals surface area contributed by atoms with Crippen molar-refractivity contribution in [2.24, 2.45) is 5.41 Å². The maximum absolute atomic E-state index is 13.1. The van der Waals surface area contributed by atoms with E-state index in [1.807, 2.05) is 13.8 Å². The van der Waals surface area contributed by atoms with Crippen LogP contribution in [-0.4, -0.2) is 62.0 Å². The predicted octanol–water partition coefficient (Wildman–Crippen LogP) is 4.01. The van der Waals surface area contributed by atoms with Crippen molar-refractivity contribution in [3.05, 3.63) is 36.5 Å². The van der Waals surface area contributed by atoms with Crippen LogP contribution in [0.2, 0.25) is 0 Å². The fraction of sp³-hybridized carbons (Fsp3) is 0.480. The molecule has 39 heavy (non-hydrogen) atoms. The Morgan fingerprint density at radius 2 is 2.10 bits per heavy atom. The summed E-state index contributed by atoms with van der Waals surface area (Å²) in [5, 5.41) is 19.9. The Bertz CT molecular complexity index is 1380. The Labute approximate surface area is 221 Å². The van der Waals surface area contributed by atoms with Gasteiger partial charge in [0.1, 0.15) is 24.3 Å². The first kappa shape index (κ1) is 26.7. The third-order valence-corrected chi connectivity index (χ3v) is 7.00. The highest BCUT2D eigenvalue weighted by Gasteiger charge is 2.42. The van der Waals surface area contributed by atoms with Gasteiger partial charge in [-0.2, -0.15) is 18.3 Å². The molecule has 0 aromatic carbocycles. The highest BCUT2D eigenvalue weighted by Crippen LogP contribution is 2.39. The van der Waals surface area contributed by atoms with Crippen molar-refractivity contribution in [1.29, 1.82) is 0 Å². The lowest BCUT2D eigenvalue weighted by Crippen LogP contribution is -2.32. The summed E-state index contributed by atoms with van der Waals surface area (Å²) in [6, 6.07) is 2.54. The summed E-state index contributed by atoms with van der Waals surface area (Å²) in [5.41, 5.74) is -0.0454. The van der Waals surface area contributed by atoms with Crippen LogP contribution >= 0.6 is 0 Å². The first-order valence-electron chi connectivity index (χ1n) is 12.5. The summed E-state index contributed by atoms with van der Waals surface area (Å²) in [5.74, 6) is -0.478. The van der Waals surface area contributed by atoms with E-state index < -0.39 is 30.1 Å². The number of hydrogen-bond donors (Lipinski definition) is 3. The molecule has 5 rings (SSSR count). The van der Waals surface area contributed by atoms with Gasteiger partial charge in [0.2, 0.25) is 11.8 Å². The van der Waals surface area contributed by atoms with Crippen molar-refractivity contribution in [1.82, 2.24) is 19.7 Å². The zero-order valence-electron chi connectivity index (χ0n) is 21.3. The van der Waals surface area contributed by atoms with Crippen molar-refractivity contribution in [3.8, 4) is 11.5 Å². The van der Waals surface area contributed by atoms with E-state index in [1.54, 1.807) is 10.9 Å². The van der Waals surface area contributed by atoms with E-state index in [-0.39, 0.29) is 40.9 Å². The molecule has 0 bridgehead atoms. The average Bonchev–Trinajstić information content (AvgIpc) is 3.66. The number of aliphatic hydroxyl groups excluding tert-OH is 1. The van der Waals surface area contributed by atoms with Gasteiger partial charge in [-0.25, -0.2) is 9.97 Å². The second kappa shape index (κ2) is 9.98. The van der Waals surface area contributed by atoms with Crippen LogP contribution in [0, 0.1) is 5.41 Å². The topological polar surface area (TPSA) is 138 Å². The number of carbonyl (C=O) groups excluding carboxylic acids is 2. The average molecular weight is 548 g/mol. The molecule has 14 heteroatoms. The SMILES string of the molecule is CC1(C)CCN(c2nn(C3CCCC3O)cc2NC(=O)c2coc(-c3ccnc(NCC(F)(F)F)c3)n2)C1=O. The maximum atomic E-state index is 13.1. The third kappa shape index (κ3) is 5.60. The van der Waals surface area contributed by atoms with Crippen LogP contribution in [0.25, 0.3) is 11.5 Å². The van der Waals surface area contributed by atoms with Crippen molar-refractivity contribution >= 4 is 29.1 Å². The zero-order chi connectivity index (χ0) is 27.9. The van der Waals surface area contributed by atoms with E-state index in [1.165, 1.54) is 23.2 Å². The standard InChI is InChI=1S/C25H28F3N7O4/c1-24(2)7-9-34(23(24)38)20-15(11-35(33-20)17-4-3-5-18(17)36)31-21(37)16-12-39-22(32-16)14-6-8-29-19(10-14)30-13-25(26,27)28/h6,8,10-12,17-18,36H,3-5,7,9,13H2,1-2H3,(H,29,30)(H,31,37). The fourth-order valence-corrected chi connectivity index (χ4v) is 4.78. The minimum absolute atomic E-state index is 0.0130. The van der Waals surface area contributed by atoms with Gasteiger partial charge in [-0.05, 0) is 37.8 Å². The van der Waals surface area contributed by atoms with E-state index in [0.717, 1.165) is 12.7 Å². The van der Waals surface area contributed by atoms with Crippen LogP contribution < -0.4 is 15.5 Å². The smallest absolute Gasteiger partial charge is 0.405 e. The lowest BCUT2D eigenvalue weighted by Gasteiger charge is -2.19. The Hall–Kier alpha value is -3.94. The molecule has 208 valence electrons. The molecule has 2 amide bonds. The number of nitrogens with zero attached hydrogens (tertiary/aromatic N) is 5.